The molecule has 2 aromatic rings. The van der Waals surface area contributed by atoms with Gasteiger partial charge in [0.15, 0.2) is 0 Å². The van der Waals surface area contributed by atoms with Crippen molar-refractivity contribution < 1.29 is 9.59 Å². The molecule has 2 amide bonds. The van der Waals surface area contributed by atoms with Gasteiger partial charge in [0.1, 0.15) is 0 Å². The molecule has 0 bridgehead atoms. The van der Waals surface area contributed by atoms with Crippen molar-refractivity contribution in [3.05, 3.63) is 70.8 Å². The maximum atomic E-state index is 13.0. The predicted molar refractivity (Wildman–Crippen MR) is 101 cm³/mol. The van der Waals surface area contributed by atoms with Crippen molar-refractivity contribution in [1.82, 2.24) is 9.80 Å². The lowest BCUT2D eigenvalue weighted by atomic mass is 10.00. The van der Waals surface area contributed by atoms with Crippen LogP contribution >= 0.6 is 0 Å². The highest BCUT2D eigenvalue weighted by atomic mass is 16.2. The first-order valence-corrected chi connectivity index (χ1v) is 9.37. The third-order valence-electron chi connectivity index (χ3n) is 5.51. The van der Waals surface area contributed by atoms with Gasteiger partial charge in [-0.3, -0.25) is 9.59 Å². The molecule has 0 saturated carbocycles. The molecule has 26 heavy (non-hydrogen) atoms. The summed E-state index contributed by atoms with van der Waals surface area (Å²) in [5.74, 6) is 0.178. The van der Waals surface area contributed by atoms with Crippen LogP contribution in [-0.2, 0) is 11.3 Å². The molecule has 134 valence electrons. The largest absolute Gasteiger partial charge is 0.343 e. The molecule has 2 aliphatic rings. The summed E-state index contributed by atoms with van der Waals surface area (Å²) >= 11 is 0. The van der Waals surface area contributed by atoms with Gasteiger partial charge in [-0.05, 0) is 37.0 Å². The zero-order valence-corrected chi connectivity index (χ0v) is 15.1. The highest BCUT2D eigenvalue weighted by Gasteiger charge is 2.35. The summed E-state index contributed by atoms with van der Waals surface area (Å²) in [5, 5.41) is 0. The van der Waals surface area contributed by atoms with Crippen LogP contribution in [0.5, 0.6) is 0 Å². The van der Waals surface area contributed by atoms with Crippen molar-refractivity contribution in [2.45, 2.75) is 38.8 Å². The van der Waals surface area contributed by atoms with Gasteiger partial charge >= 0.3 is 0 Å². The second-order valence-electron chi connectivity index (χ2n) is 7.31. The molecule has 2 aromatic carbocycles. The Morgan fingerprint density at radius 2 is 1.73 bits per heavy atom. The predicted octanol–water partition coefficient (Wildman–Crippen LogP) is 3.70. The Morgan fingerprint density at radius 1 is 1.04 bits per heavy atom. The average Bonchev–Trinajstić information content (AvgIpc) is 3.30. The minimum atomic E-state index is -0.219. The van der Waals surface area contributed by atoms with Crippen LogP contribution in [0.15, 0.2) is 48.5 Å². The van der Waals surface area contributed by atoms with E-state index in [4.69, 9.17) is 0 Å². The summed E-state index contributed by atoms with van der Waals surface area (Å²) in [5.41, 5.74) is 4.01. The van der Waals surface area contributed by atoms with Crippen LogP contribution in [0.1, 0.15) is 52.4 Å². The number of fused-ring (bicyclic) bond motifs is 1. The Kier molecular flexibility index (Phi) is 4.49. The highest BCUT2D eigenvalue weighted by Crippen LogP contribution is 2.34. The number of rotatable bonds is 4. The molecule has 0 aliphatic carbocycles. The summed E-state index contributed by atoms with van der Waals surface area (Å²) in [7, 11) is 0. The fourth-order valence-electron chi connectivity index (χ4n) is 3.99. The van der Waals surface area contributed by atoms with Crippen LogP contribution in [-0.4, -0.2) is 34.7 Å². The number of carbonyl (C=O) groups is 2. The van der Waals surface area contributed by atoms with Gasteiger partial charge < -0.3 is 9.80 Å². The minimum absolute atomic E-state index is 0.0281. The molecule has 4 heteroatoms. The van der Waals surface area contributed by atoms with Crippen LogP contribution in [0.25, 0.3) is 0 Å². The maximum absolute atomic E-state index is 13.0. The zero-order chi connectivity index (χ0) is 18.1. The SMILES string of the molecule is Cc1ccc([C@@H](CC(=O)N2CCCC2)N2Cc3ccccc3C2=O)cc1. The molecule has 1 saturated heterocycles. The van der Waals surface area contributed by atoms with Crippen molar-refractivity contribution in [2.75, 3.05) is 13.1 Å². The standard InChI is InChI=1S/C22H24N2O2/c1-16-8-10-17(11-9-16)20(14-21(25)23-12-4-5-13-23)24-15-18-6-2-3-7-19(18)22(24)26/h2-3,6-11,20H,4-5,12-15H2,1H3/t20-/m1/s1. The van der Waals surface area contributed by atoms with E-state index < -0.39 is 0 Å². The fraction of sp³-hybridized carbons (Fsp3) is 0.364. The molecule has 0 unspecified atom stereocenters. The monoisotopic (exact) mass is 348 g/mol. The van der Waals surface area contributed by atoms with Crippen LogP contribution in [0.3, 0.4) is 0 Å². The minimum Gasteiger partial charge on any atom is -0.343 e. The Bertz CT molecular complexity index is 822. The second-order valence-corrected chi connectivity index (χ2v) is 7.31. The summed E-state index contributed by atoms with van der Waals surface area (Å²) in [6.07, 6.45) is 2.51. The van der Waals surface area contributed by atoms with Gasteiger partial charge in [0.05, 0.1) is 12.5 Å². The Labute approximate surface area is 154 Å². The van der Waals surface area contributed by atoms with E-state index in [9.17, 15) is 9.59 Å². The smallest absolute Gasteiger partial charge is 0.255 e. The molecule has 2 heterocycles. The number of hydrogen-bond acceptors (Lipinski definition) is 2. The van der Waals surface area contributed by atoms with Gasteiger partial charge in [0, 0.05) is 25.2 Å². The molecule has 0 aromatic heterocycles. The maximum Gasteiger partial charge on any atom is 0.255 e. The molecule has 1 atom stereocenters. The van der Waals surface area contributed by atoms with E-state index in [1.54, 1.807) is 0 Å². The Morgan fingerprint density at radius 3 is 2.42 bits per heavy atom. The summed E-state index contributed by atoms with van der Waals surface area (Å²) in [6, 6.07) is 15.7. The molecular weight excluding hydrogens is 324 g/mol. The quantitative estimate of drug-likeness (QED) is 0.845. The number of aryl methyl sites for hydroxylation is 1. The van der Waals surface area contributed by atoms with Gasteiger partial charge in [-0.25, -0.2) is 0 Å². The number of carbonyl (C=O) groups excluding carboxylic acids is 2. The first-order valence-electron chi connectivity index (χ1n) is 9.37. The first kappa shape index (κ1) is 16.8. The Hall–Kier alpha value is -2.62. The zero-order valence-electron chi connectivity index (χ0n) is 15.1. The van der Waals surface area contributed by atoms with Crippen LogP contribution in [0, 0.1) is 6.92 Å². The average molecular weight is 348 g/mol. The summed E-state index contributed by atoms with van der Waals surface area (Å²) in [4.78, 5) is 29.6. The van der Waals surface area contributed by atoms with E-state index in [2.05, 4.69) is 12.1 Å². The molecular formula is C22H24N2O2. The fourth-order valence-corrected chi connectivity index (χ4v) is 3.99. The lowest BCUT2D eigenvalue weighted by Crippen LogP contribution is -2.35. The van der Waals surface area contributed by atoms with E-state index in [0.29, 0.717) is 13.0 Å². The number of hydrogen-bond donors (Lipinski definition) is 0. The number of amides is 2. The van der Waals surface area contributed by atoms with Gasteiger partial charge in [-0.15, -0.1) is 0 Å². The molecule has 0 radical (unpaired) electrons. The van der Waals surface area contributed by atoms with E-state index >= 15 is 0 Å². The van der Waals surface area contributed by atoms with Gasteiger partial charge in [-0.2, -0.15) is 0 Å². The van der Waals surface area contributed by atoms with Crippen LogP contribution in [0.4, 0.5) is 0 Å². The first-order chi connectivity index (χ1) is 12.6. The normalized spacial score (nSPS) is 17.5. The van der Waals surface area contributed by atoms with E-state index in [0.717, 1.165) is 42.6 Å². The topological polar surface area (TPSA) is 40.6 Å². The van der Waals surface area contributed by atoms with Crippen LogP contribution < -0.4 is 0 Å². The number of nitrogens with zero attached hydrogens (tertiary/aromatic N) is 2. The highest BCUT2D eigenvalue weighted by molar-refractivity contribution is 5.98. The van der Waals surface area contributed by atoms with Crippen molar-refractivity contribution in [1.29, 1.82) is 0 Å². The molecule has 4 nitrogen and oxygen atoms in total. The molecule has 0 spiro atoms. The van der Waals surface area contributed by atoms with Gasteiger partial charge in [-0.1, -0.05) is 48.0 Å². The van der Waals surface area contributed by atoms with E-state index in [1.807, 2.05) is 53.1 Å². The van der Waals surface area contributed by atoms with Crippen LogP contribution in [0.2, 0.25) is 0 Å². The second kappa shape index (κ2) is 6.94. The third kappa shape index (κ3) is 3.12. The third-order valence-corrected chi connectivity index (χ3v) is 5.51. The molecule has 4 rings (SSSR count). The summed E-state index contributed by atoms with van der Waals surface area (Å²) < 4.78 is 0. The molecule has 2 aliphatic heterocycles. The number of likely N-dealkylation sites (tertiary alicyclic amines) is 1. The lowest BCUT2D eigenvalue weighted by molar-refractivity contribution is -0.131. The summed E-state index contributed by atoms with van der Waals surface area (Å²) in [6.45, 7) is 4.30. The van der Waals surface area contributed by atoms with Crippen molar-refractivity contribution in [3.63, 3.8) is 0 Å². The molecule has 1 fully saturated rings. The molecule has 0 N–H and O–H groups in total. The van der Waals surface area contributed by atoms with Crippen molar-refractivity contribution in [2.24, 2.45) is 0 Å². The van der Waals surface area contributed by atoms with E-state index in [-0.39, 0.29) is 17.9 Å². The Balaban J connectivity index is 1.63. The van der Waals surface area contributed by atoms with Crippen molar-refractivity contribution in [3.8, 4) is 0 Å². The van der Waals surface area contributed by atoms with Gasteiger partial charge in [0.25, 0.3) is 5.91 Å². The van der Waals surface area contributed by atoms with Gasteiger partial charge in [0.2, 0.25) is 5.91 Å². The van der Waals surface area contributed by atoms with E-state index in [1.165, 1.54) is 5.56 Å². The number of benzene rings is 2. The van der Waals surface area contributed by atoms with Crippen molar-refractivity contribution >= 4 is 11.8 Å². The lowest BCUT2D eigenvalue weighted by Gasteiger charge is -2.29.